The van der Waals surface area contributed by atoms with Gasteiger partial charge in [0.1, 0.15) is 5.01 Å². The molecule has 1 aromatic heterocycles. The second kappa shape index (κ2) is 10.3. The smallest absolute Gasteiger partial charge is 0.246 e. The first-order valence-corrected chi connectivity index (χ1v) is 10.3. The summed E-state index contributed by atoms with van der Waals surface area (Å²) in [6, 6.07) is 7.94. The number of thiazole rings is 1. The molecule has 1 saturated heterocycles. The SMILES string of the molecule is COCCCNC(=O)CN1CCN(C(=O)/C=C/c2nc3ccccc3s2)CC1. The minimum absolute atomic E-state index is 0.0112. The van der Waals surface area contributed by atoms with Crippen molar-refractivity contribution in [3.05, 3.63) is 35.3 Å². The average molecular weight is 403 g/mol. The maximum absolute atomic E-state index is 12.4. The summed E-state index contributed by atoms with van der Waals surface area (Å²) < 4.78 is 6.08. The molecule has 7 nitrogen and oxygen atoms in total. The normalized spacial score (nSPS) is 15.4. The van der Waals surface area contributed by atoms with Gasteiger partial charge in [-0.2, -0.15) is 0 Å². The van der Waals surface area contributed by atoms with Gasteiger partial charge < -0.3 is 15.0 Å². The van der Waals surface area contributed by atoms with Crippen molar-refractivity contribution < 1.29 is 14.3 Å². The van der Waals surface area contributed by atoms with Gasteiger partial charge in [-0.25, -0.2) is 4.98 Å². The number of aromatic nitrogens is 1. The summed E-state index contributed by atoms with van der Waals surface area (Å²) in [6.07, 6.45) is 4.19. The van der Waals surface area contributed by atoms with Gasteiger partial charge in [-0.3, -0.25) is 14.5 Å². The number of rotatable bonds is 8. The number of carbonyl (C=O) groups excluding carboxylic acids is 2. The Morgan fingerprint density at radius 3 is 2.79 bits per heavy atom. The molecular weight excluding hydrogens is 376 g/mol. The average Bonchev–Trinajstić information content (AvgIpc) is 3.13. The Bertz CT molecular complexity index is 795. The zero-order valence-corrected chi connectivity index (χ0v) is 16.9. The van der Waals surface area contributed by atoms with Crippen molar-refractivity contribution in [2.24, 2.45) is 0 Å². The Hall–Kier alpha value is -2.29. The Labute approximate surface area is 169 Å². The van der Waals surface area contributed by atoms with Crippen molar-refractivity contribution in [3.63, 3.8) is 0 Å². The molecule has 2 aromatic rings. The highest BCUT2D eigenvalue weighted by Crippen LogP contribution is 2.22. The van der Waals surface area contributed by atoms with Gasteiger partial charge in [0, 0.05) is 52.5 Å². The number of para-hydroxylation sites is 1. The summed E-state index contributed by atoms with van der Waals surface area (Å²) in [4.78, 5) is 32.8. The number of carbonyl (C=O) groups is 2. The van der Waals surface area contributed by atoms with E-state index in [0.29, 0.717) is 45.9 Å². The Morgan fingerprint density at radius 2 is 2.04 bits per heavy atom. The molecule has 0 unspecified atom stereocenters. The molecule has 0 saturated carbocycles. The van der Waals surface area contributed by atoms with E-state index in [1.54, 1.807) is 30.6 Å². The zero-order chi connectivity index (χ0) is 19.8. The van der Waals surface area contributed by atoms with E-state index in [4.69, 9.17) is 4.74 Å². The van der Waals surface area contributed by atoms with Crippen molar-refractivity contribution in [2.75, 3.05) is 53.0 Å². The van der Waals surface area contributed by atoms with Gasteiger partial charge in [-0.1, -0.05) is 12.1 Å². The van der Waals surface area contributed by atoms with Crippen LogP contribution in [-0.4, -0.2) is 79.6 Å². The van der Waals surface area contributed by atoms with Crippen LogP contribution in [0.15, 0.2) is 30.3 Å². The number of hydrogen-bond acceptors (Lipinski definition) is 6. The van der Waals surface area contributed by atoms with E-state index in [-0.39, 0.29) is 11.8 Å². The number of hydrogen-bond donors (Lipinski definition) is 1. The molecule has 1 aromatic carbocycles. The third-order valence-corrected chi connectivity index (χ3v) is 5.58. The molecule has 0 radical (unpaired) electrons. The third kappa shape index (κ3) is 5.85. The number of fused-ring (bicyclic) bond motifs is 1. The summed E-state index contributed by atoms with van der Waals surface area (Å²) >= 11 is 1.57. The molecule has 28 heavy (non-hydrogen) atoms. The van der Waals surface area contributed by atoms with E-state index in [9.17, 15) is 9.59 Å². The maximum Gasteiger partial charge on any atom is 0.246 e. The van der Waals surface area contributed by atoms with E-state index in [1.807, 2.05) is 29.2 Å². The van der Waals surface area contributed by atoms with Crippen LogP contribution in [0.25, 0.3) is 16.3 Å². The second-order valence-corrected chi connectivity index (χ2v) is 7.71. The van der Waals surface area contributed by atoms with Crippen LogP contribution in [0.4, 0.5) is 0 Å². The molecule has 3 rings (SSSR count). The van der Waals surface area contributed by atoms with Crippen molar-refractivity contribution in [2.45, 2.75) is 6.42 Å². The molecule has 2 amide bonds. The number of nitrogens with one attached hydrogen (secondary N) is 1. The molecule has 1 fully saturated rings. The summed E-state index contributed by atoms with van der Waals surface area (Å²) in [6.45, 7) is 4.29. The van der Waals surface area contributed by atoms with Crippen LogP contribution in [0, 0.1) is 0 Å². The molecule has 2 heterocycles. The van der Waals surface area contributed by atoms with Crippen molar-refractivity contribution >= 4 is 39.4 Å². The molecule has 0 bridgehead atoms. The van der Waals surface area contributed by atoms with E-state index < -0.39 is 0 Å². The van der Waals surface area contributed by atoms with Gasteiger partial charge in [0.05, 0.1) is 16.8 Å². The predicted molar refractivity (Wildman–Crippen MR) is 111 cm³/mol. The summed E-state index contributed by atoms with van der Waals surface area (Å²) in [5.41, 5.74) is 0.953. The van der Waals surface area contributed by atoms with E-state index in [1.165, 1.54) is 0 Å². The van der Waals surface area contributed by atoms with Crippen LogP contribution < -0.4 is 5.32 Å². The Balaban J connectivity index is 1.41. The van der Waals surface area contributed by atoms with Gasteiger partial charge >= 0.3 is 0 Å². The first-order valence-electron chi connectivity index (χ1n) is 9.46. The first-order chi connectivity index (χ1) is 13.7. The Morgan fingerprint density at radius 1 is 1.25 bits per heavy atom. The van der Waals surface area contributed by atoms with Crippen molar-refractivity contribution in [1.82, 2.24) is 20.1 Å². The van der Waals surface area contributed by atoms with E-state index in [2.05, 4.69) is 15.2 Å². The molecule has 0 aliphatic carbocycles. The molecule has 150 valence electrons. The number of amides is 2. The monoisotopic (exact) mass is 402 g/mol. The lowest BCUT2D eigenvalue weighted by Crippen LogP contribution is -2.50. The quantitative estimate of drug-likeness (QED) is 0.536. The molecule has 0 atom stereocenters. The fraction of sp³-hybridized carbons (Fsp3) is 0.450. The molecule has 1 N–H and O–H groups in total. The predicted octanol–water partition coefficient (Wildman–Crippen LogP) is 1.61. The first kappa shape index (κ1) is 20.4. The summed E-state index contributed by atoms with van der Waals surface area (Å²) in [7, 11) is 1.65. The van der Waals surface area contributed by atoms with Crippen LogP contribution >= 0.6 is 11.3 Å². The third-order valence-electron chi connectivity index (χ3n) is 4.58. The fourth-order valence-corrected chi connectivity index (χ4v) is 3.91. The maximum atomic E-state index is 12.4. The van der Waals surface area contributed by atoms with Crippen molar-refractivity contribution in [3.8, 4) is 0 Å². The molecular formula is C20H26N4O3S. The lowest BCUT2D eigenvalue weighted by atomic mass is 10.3. The fourth-order valence-electron chi connectivity index (χ4n) is 3.04. The number of methoxy groups -OCH3 is 1. The molecule has 8 heteroatoms. The number of nitrogens with zero attached hydrogens (tertiary/aromatic N) is 3. The van der Waals surface area contributed by atoms with E-state index >= 15 is 0 Å². The second-order valence-electron chi connectivity index (χ2n) is 6.65. The van der Waals surface area contributed by atoms with Crippen molar-refractivity contribution in [1.29, 1.82) is 0 Å². The van der Waals surface area contributed by atoms with Gasteiger partial charge in [-0.15, -0.1) is 11.3 Å². The lowest BCUT2D eigenvalue weighted by Gasteiger charge is -2.33. The highest BCUT2D eigenvalue weighted by molar-refractivity contribution is 7.19. The summed E-state index contributed by atoms with van der Waals surface area (Å²) in [5.74, 6) is 0.00883. The van der Waals surface area contributed by atoms with E-state index in [0.717, 1.165) is 21.6 Å². The minimum Gasteiger partial charge on any atom is -0.385 e. The minimum atomic E-state index is -0.0112. The molecule has 1 aliphatic heterocycles. The standard InChI is InChI=1S/C20H26N4O3S/c1-27-14-4-9-21-18(25)15-23-10-12-24(13-11-23)20(26)8-7-19-22-16-5-2-3-6-17(16)28-19/h2-3,5-8H,4,9-15H2,1H3,(H,21,25)/b8-7+. The van der Waals surface area contributed by atoms with Crippen LogP contribution in [0.2, 0.25) is 0 Å². The number of ether oxygens (including phenoxy) is 1. The molecule has 1 aliphatic rings. The number of piperazine rings is 1. The van der Waals surface area contributed by atoms with Crippen LogP contribution in [0.1, 0.15) is 11.4 Å². The Kier molecular flexibility index (Phi) is 7.53. The highest BCUT2D eigenvalue weighted by atomic mass is 32.1. The lowest BCUT2D eigenvalue weighted by molar-refractivity contribution is -0.128. The molecule has 0 spiro atoms. The highest BCUT2D eigenvalue weighted by Gasteiger charge is 2.21. The van der Waals surface area contributed by atoms with Crippen LogP contribution in [0.5, 0.6) is 0 Å². The number of benzene rings is 1. The van der Waals surface area contributed by atoms with Gasteiger partial charge in [0.25, 0.3) is 0 Å². The van der Waals surface area contributed by atoms with Gasteiger partial charge in [-0.05, 0) is 24.6 Å². The zero-order valence-electron chi connectivity index (χ0n) is 16.1. The topological polar surface area (TPSA) is 74.8 Å². The van der Waals surface area contributed by atoms with Gasteiger partial charge in [0.2, 0.25) is 11.8 Å². The van der Waals surface area contributed by atoms with Gasteiger partial charge in [0.15, 0.2) is 0 Å². The van der Waals surface area contributed by atoms with Crippen LogP contribution in [0.3, 0.4) is 0 Å². The summed E-state index contributed by atoms with van der Waals surface area (Å²) in [5, 5.41) is 3.72. The largest absolute Gasteiger partial charge is 0.385 e. The van der Waals surface area contributed by atoms with Crippen LogP contribution in [-0.2, 0) is 14.3 Å².